The van der Waals surface area contributed by atoms with E-state index in [9.17, 15) is 14.4 Å². The molecule has 1 aliphatic heterocycles. The Morgan fingerprint density at radius 3 is 2.05 bits per heavy atom. The second-order valence-corrected chi connectivity index (χ2v) is 11.8. The molecule has 2 saturated carbocycles. The van der Waals surface area contributed by atoms with Crippen LogP contribution >= 0.6 is 0 Å². The summed E-state index contributed by atoms with van der Waals surface area (Å²) in [5, 5.41) is 2.97. The standard InChI is InChI=1S/C34H32N2O4/c1-19-14-20(2)16-24(15-19)40-23-10-8-22(9-11-23)35-32(37)29(17-21-6-4-3-5-7-21)36-33(38)30-25-12-13-26(28-18-27(25)28)31(30)34(36)39/h3-16,25-31H,17-18H2,1-2H3,(H,35,37)/t25-,26-,27-,28+,29-,30-,31+/m0/s1. The van der Waals surface area contributed by atoms with Gasteiger partial charge in [-0.25, -0.2) is 0 Å². The minimum Gasteiger partial charge on any atom is -0.457 e. The number of carbonyl (C=O) groups excluding carboxylic acids is 3. The van der Waals surface area contributed by atoms with E-state index in [2.05, 4.69) is 23.5 Å². The van der Waals surface area contributed by atoms with Crippen molar-refractivity contribution in [3.8, 4) is 11.5 Å². The predicted octanol–water partition coefficient (Wildman–Crippen LogP) is 5.70. The molecule has 5 aliphatic rings. The molecule has 0 radical (unpaired) electrons. The molecule has 3 aromatic carbocycles. The smallest absolute Gasteiger partial charge is 0.248 e. The van der Waals surface area contributed by atoms with Gasteiger partial charge in [-0.15, -0.1) is 0 Å². The van der Waals surface area contributed by atoms with Crippen molar-refractivity contribution in [3.63, 3.8) is 0 Å². The Balaban J connectivity index is 1.12. The van der Waals surface area contributed by atoms with E-state index in [-0.39, 0.29) is 47.8 Å². The van der Waals surface area contributed by atoms with Crippen molar-refractivity contribution in [2.45, 2.75) is 32.7 Å². The molecule has 40 heavy (non-hydrogen) atoms. The molecule has 3 aromatic rings. The predicted molar refractivity (Wildman–Crippen MR) is 152 cm³/mol. The summed E-state index contributed by atoms with van der Waals surface area (Å²) >= 11 is 0. The molecule has 7 atom stereocenters. The number of imide groups is 1. The molecule has 3 fully saturated rings. The molecule has 0 unspecified atom stereocenters. The van der Waals surface area contributed by atoms with Crippen molar-refractivity contribution in [3.05, 3.63) is 102 Å². The molecule has 8 rings (SSSR count). The molecule has 0 spiro atoms. The van der Waals surface area contributed by atoms with Crippen LogP contribution in [0, 0.1) is 49.4 Å². The lowest BCUT2D eigenvalue weighted by Crippen LogP contribution is -2.49. The van der Waals surface area contributed by atoms with Gasteiger partial charge in [-0.05, 0) is 97.0 Å². The zero-order valence-electron chi connectivity index (χ0n) is 22.6. The second kappa shape index (κ2) is 9.47. The summed E-state index contributed by atoms with van der Waals surface area (Å²) < 4.78 is 6.01. The number of benzene rings is 3. The van der Waals surface area contributed by atoms with Gasteiger partial charge < -0.3 is 10.1 Å². The van der Waals surface area contributed by atoms with Crippen molar-refractivity contribution >= 4 is 23.4 Å². The highest BCUT2D eigenvalue weighted by Gasteiger charge is 2.67. The van der Waals surface area contributed by atoms with Crippen LogP contribution in [0.1, 0.15) is 23.1 Å². The number of carbonyl (C=O) groups is 3. The highest BCUT2D eigenvalue weighted by Crippen LogP contribution is 2.65. The van der Waals surface area contributed by atoms with Crippen LogP contribution in [0.4, 0.5) is 5.69 Å². The number of rotatable bonds is 7. The molecule has 1 saturated heterocycles. The maximum absolute atomic E-state index is 13.8. The minimum atomic E-state index is -0.921. The first-order chi connectivity index (χ1) is 19.4. The van der Waals surface area contributed by atoms with Gasteiger partial charge in [0.1, 0.15) is 17.5 Å². The number of nitrogens with zero attached hydrogens (tertiary/aromatic N) is 1. The van der Waals surface area contributed by atoms with Gasteiger partial charge in [0.15, 0.2) is 0 Å². The number of aryl methyl sites for hydroxylation is 2. The molecule has 6 nitrogen and oxygen atoms in total. The van der Waals surface area contributed by atoms with Crippen molar-refractivity contribution in [1.82, 2.24) is 4.90 Å². The number of nitrogens with one attached hydrogen (secondary N) is 1. The van der Waals surface area contributed by atoms with Crippen LogP contribution in [0.3, 0.4) is 0 Å². The van der Waals surface area contributed by atoms with E-state index in [1.54, 1.807) is 24.3 Å². The lowest BCUT2D eigenvalue weighted by molar-refractivity contribution is -0.146. The van der Waals surface area contributed by atoms with Gasteiger partial charge in [0, 0.05) is 12.1 Å². The summed E-state index contributed by atoms with van der Waals surface area (Å²) in [6.45, 7) is 4.05. The van der Waals surface area contributed by atoms with Crippen LogP contribution in [0.5, 0.6) is 11.5 Å². The average Bonchev–Trinajstić information content (AvgIpc) is 3.72. The molecule has 0 aromatic heterocycles. The number of hydrogen-bond donors (Lipinski definition) is 1. The number of likely N-dealkylation sites (tertiary alicyclic amines) is 1. The molecular weight excluding hydrogens is 500 g/mol. The average molecular weight is 533 g/mol. The number of amides is 3. The largest absolute Gasteiger partial charge is 0.457 e. The van der Waals surface area contributed by atoms with E-state index < -0.39 is 6.04 Å². The van der Waals surface area contributed by atoms with Gasteiger partial charge in [0.25, 0.3) is 0 Å². The van der Waals surface area contributed by atoms with Crippen LogP contribution in [-0.2, 0) is 20.8 Å². The minimum absolute atomic E-state index is 0.117. The fourth-order valence-corrected chi connectivity index (χ4v) is 7.39. The molecule has 6 heteroatoms. The van der Waals surface area contributed by atoms with E-state index in [0.717, 1.165) is 28.9 Å². The lowest BCUT2D eigenvalue weighted by atomic mass is 9.63. The first-order valence-electron chi connectivity index (χ1n) is 14.1. The monoisotopic (exact) mass is 532 g/mol. The molecule has 2 bridgehead atoms. The van der Waals surface area contributed by atoms with Gasteiger partial charge >= 0.3 is 0 Å². The van der Waals surface area contributed by atoms with Gasteiger partial charge in [-0.3, -0.25) is 19.3 Å². The Kier molecular flexibility index (Phi) is 5.88. The van der Waals surface area contributed by atoms with Gasteiger partial charge in [-0.1, -0.05) is 48.6 Å². The summed E-state index contributed by atoms with van der Waals surface area (Å²) in [5.41, 5.74) is 3.72. The van der Waals surface area contributed by atoms with Crippen molar-refractivity contribution in [2.75, 3.05) is 5.32 Å². The quantitative estimate of drug-likeness (QED) is 0.313. The maximum Gasteiger partial charge on any atom is 0.248 e. The van der Waals surface area contributed by atoms with E-state index in [4.69, 9.17) is 4.74 Å². The van der Waals surface area contributed by atoms with Crippen LogP contribution in [-0.4, -0.2) is 28.7 Å². The topological polar surface area (TPSA) is 75.7 Å². The third-order valence-electron chi connectivity index (χ3n) is 9.14. The van der Waals surface area contributed by atoms with Gasteiger partial charge in [0.2, 0.25) is 17.7 Å². The fraction of sp³-hybridized carbons (Fsp3) is 0.324. The Morgan fingerprint density at radius 2 is 1.45 bits per heavy atom. The zero-order valence-corrected chi connectivity index (χ0v) is 22.6. The zero-order chi connectivity index (χ0) is 27.5. The fourth-order valence-electron chi connectivity index (χ4n) is 7.39. The van der Waals surface area contributed by atoms with Gasteiger partial charge in [-0.2, -0.15) is 0 Å². The normalized spacial score (nSPS) is 28.2. The highest BCUT2D eigenvalue weighted by atomic mass is 16.5. The van der Waals surface area contributed by atoms with Gasteiger partial charge in [0.05, 0.1) is 11.8 Å². The number of anilines is 1. The number of ether oxygens (including phenoxy) is 1. The molecule has 202 valence electrons. The van der Waals surface area contributed by atoms with Crippen molar-refractivity contribution < 1.29 is 19.1 Å². The van der Waals surface area contributed by atoms with Crippen LogP contribution in [0.2, 0.25) is 0 Å². The summed E-state index contributed by atoms with van der Waals surface area (Å²) in [6, 6.07) is 21.9. The van der Waals surface area contributed by atoms with Crippen molar-refractivity contribution in [2.24, 2.45) is 35.5 Å². The molecule has 1 heterocycles. The first kappa shape index (κ1) is 24.8. The van der Waals surface area contributed by atoms with E-state index in [1.807, 2.05) is 56.3 Å². The van der Waals surface area contributed by atoms with Crippen LogP contribution in [0.15, 0.2) is 84.9 Å². The molecular formula is C34H32N2O4. The van der Waals surface area contributed by atoms with E-state index in [0.29, 0.717) is 23.3 Å². The maximum atomic E-state index is 13.8. The third kappa shape index (κ3) is 4.23. The van der Waals surface area contributed by atoms with E-state index >= 15 is 0 Å². The van der Waals surface area contributed by atoms with Crippen LogP contribution < -0.4 is 10.1 Å². The lowest BCUT2D eigenvalue weighted by Gasteiger charge is -2.37. The number of allylic oxidation sites excluding steroid dienone is 2. The second-order valence-electron chi connectivity index (χ2n) is 11.8. The summed E-state index contributed by atoms with van der Waals surface area (Å²) in [6.07, 6.45) is 5.69. The summed E-state index contributed by atoms with van der Waals surface area (Å²) in [5.74, 6) is 1.26. The summed E-state index contributed by atoms with van der Waals surface area (Å²) in [7, 11) is 0. The molecule has 4 aliphatic carbocycles. The first-order valence-corrected chi connectivity index (χ1v) is 14.1. The Bertz CT molecular complexity index is 1470. The Hall–Kier alpha value is -4.19. The summed E-state index contributed by atoms with van der Waals surface area (Å²) in [4.78, 5) is 42.8. The Labute approximate surface area is 234 Å². The number of hydrogen-bond acceptors (Lipinski definition) is 4. The third-order valence-corrected chi connectivity index (χ3v) is 9.14. The molecule has 1 N–H and O–H groups in total. The van der Waals surface area contributed by atoms with Crippen molar-refractivity contribution in [1.29, 1.82) is 0 Å². The Morgan fingerprint density at radius 1 is 0.850 bits per heavy atom. The highest BCUT2D eigenvalue weighted by molar-refractivity contribution is 6.10. The van der Waals surface area contributed by atoms with Crippen LogP contribution in [0.25, 0.3) is 0 Å². The van der Waals surface area contributed by atoms with E-state index in [1.165, 1.54) is 4.90 Å². The molecule has 3 amide bonds. The SMILES string of the molecule is Cc1cc(C)cc(Oc2ccc(NC(=O)[C@H](Cc3ccccc3)N3C(=O)[C@@H]4[C@H]5C=C[C@@H]([C@@H]6C[C@H]56)[C@@H]4C3=O)cc2)c1.